The topological polar surface area (TPSA) is 84.4 Å². The SMILES string of the molecule is CC(C)Oc1ccc(Nc2nncc(NCCN3CCOCC3)n2)cc1. The van der Waals surface area contributed by atoms with E-state index < -0.39 is 0 Å². The molecule has 0 unspecified atom stereocenters. The van der Waals surface area contributed by atoms with Gasteiger partial charge in [-0.3, -0.25) is 4.90 Å². The number of hydrogen-bond donors (Lipinski definition) is 2. The summed E-state index contributed by atoms with van der Waals surface area (Å²) >= 11 is 0. The van der Waals surface area contributed by atoms with Gasteiger partial charge in [0.15, 0.2) is 5.82 Å². The molecular weight excluding hydrogens is 332 g/mol. The van der Waals surface area contributed by atoms with Gasteiger partial charge in [-0.2, -0.15) is 10.1 Å². The number of aromatic nitrogens is 3. The van der Waals surface area contributed by atoms with Crippen LogP contribution in [-0.2, 0) is 4.74 Å². The molecule has 2 heterocycles. The molecule has 8 heteroatoms. The fourth-order valence-corrected chi connectivity index (χ4v) is 2.63. The van der Waals surface area contributed by atoms with E-state index in [4.69, 9.17) is 9.47 Å². The van der Waals surface area contributed by atoms with E-state index in [1.165, 1.54) is 0 Å². The number of hydrogen-bond acceptors (Lipinski definition) is 8. The molecule has 2 aromatic rings. The first kappa shape index (κ1) is 18.3. The molecule has 1 saturated heterocycles. The highest BCUT2D eigenvalue weighted by molar-refractivity contribution is 5.55. The molecule has 1 aliphatic heterocycles. The lowest BCUT2D eigenvalue weighted by Crippen LogP contribution is -2.39. The minimum absolute atomic E-state index is 0.154. The average Bonchev–Trinajstić information content (AvgIpc) is 2.64. The third kappa shape index (κ3) is 5.82. The summed E-state index contributed by atoms with van der Waals surface area (Å²) in [6.45, 7) is 9.34. The van der Waals surface area contributed by atoms with Crippen molar-refractivity contribution in [3.05, 3.63) is 30.5 Å². The summed E-state index contributed by atoms with van der Waals surface area (Å²) in [7, 11) is 0. The highest BCUT2D eigenvalue weighted by Crippen LogP contribution is 2.19. The Morgan fingerprint density at radius 1 is 1.19 bits per heavy atom. The fraction of sp³-hybridized carbons (Fsp3) is 0.500. The van der Waals surface area contributed by atoms with Gasteiger partial charge in [0.05, 0.1) is 25.5 Å². The Morgan fingerprint density at radius 2 is 1.96 bits per heavy atom. The largest absolute Gasteiger partial charge is 0.491 e. The van der Waals surface area contributed by atoms with Crippen molar-refractivity contribution >= 4 is 17.5 Å². The van der Waals surface area contributed by atoms with E-state index >= 15 is 0 Å². The van der Waals surface area contributed by atoms with Gasteiger partial charge in [0.1, 0.15) is 5.75 Å². The molecule has 2 N–H and O–H groups in total. The highest BCUT2D eigenvalue weighted by Gasteiger charge is 2.09. The van der Waals surface area contributed by atoms with Gasteiger partial charge in [-0.1, -0.05) is 0 Å². The van der Waals surface area contributed by atoms with Crippen LogP contribution in [0.4, 0.5) is 17.5 Å². The predicted molar refractivity (Wildman–Crippen MR) is 101 cm³/mol. The van der Waals surface area contributed by atoms with Crippen LogP contribution in [0.2, 0.25) is 0 Å². The van der Waals surface area contributed by atoms with E-state index in [1.54, 1.807) is 6.20 Å². The molecule has 0 amide bonds. The second kappa shape index (κ2) is 9.30. The zero-order chi connectivity index (χ0) is 18.2. The van der Waals surface area contributed by atoms with Crippen molar-refractivity contribution in [2.75, 3.05) is 50.0 Å². The van der Waals surface area contributed by atoms with Crippen molar-refractivity contribution < 1.29 is 9.47 Å². The molecule has 140 valence electrons. The van der Waals surface area contributed by atoms with E-state index in [1.807, 2.05) is 38.1 Å². The molecule has 1 aromatic carbocycles. The van der Waals surface area contributed by atoms with Crippen LogP contribution in [0.3, 0.4) is 0 Å². The van der Waals surface area contributed by atoms with E-state index in [2.05, 4.69) is 30.7 Å². The molecule has 1 aromatic heterocycles. The van der Waals surface area contributed by atoms with Crippen molar-refractivity contribution in [3.63, 3.8) is 0 Å². The maximum absolute atomic E-state index is 5.64. The molecule has 3 rings (SSSR count). The van der Waals surface area contributed by atoms with E-state index in [0.717, 1.165) is 50.8 Å². The molecule has 0 aliphatic carbocycles. The molecule has 1 aliphatic rings. The summed E-state index contributed by atoms with van der Waals surface area (Å²) in [5, 5.41) is 14.5. The number of ether oxygens (including phenoxy) is 2. The van der Waals surface area contributed by atoms with Crippen LogP contribution in [0, 0.1) is 0 Å². The van der Waals surface area contributed by atoms with Crippen LogP contribution in [0.1, 0.15) is 13.8 Å². The number of nitrogens with one attached hydrogen (secondary N) is 2. The summed E-state index contributed by atoms with van der Waals surface area (Å²) in [6.07, 6.45) is 1.78. The zero-order valence-corrected chi connectivity index (χ0v) is 15.3. The standard InChI is InChI=1S/C18H26N6O2/c1-14(2)26-16-5-3-15(4-6-16)21-18-22-17(13-20-23-18)19-7-8-24-9-11-25-12-10-24/h3-6,13-14H,7-12H2,1-2H3,(H2,19,21,22,23). The van der Waals surface area contributed by atoms with Gasteiger partial charge in [0.2, 0.25) is 5.95 Å². The maximum Gasteiger partial charge on any atom is 0.249 e. The smallest absolute Gasteiger partial charge is 0.249 e. The summed E-state index contributed by atoms with van der Waals surface area (Å²) in [5.41, 5.74) is 0.883. The fourth-order valence-electron chi connectivity index (χ4n) is 2.63. The first-order valence-electron chi connectivity index (χ1n) is 8.96. The first-order valence-corrected chi connectivity index (χ1v) is 8.96. The molecule has 0 saturated carbocycles. The second-order valence-corrected chi connectivity index (χ2v) is 6.36. The molecule has 0 bridgehead atoms. The van der Waals surface area contributed by atoms with E-state index in [-0.39, 0.29) is 6.10 Å². The Kier molecular flexibility index (Phi) is 6.56. The van der Waals surface area contributed by atoms with Gasteiger partial charge >= 0.3 is 0 Å². The quantitative estimate of drug-likeness (QED) is 0.743. The summed E-state index contributed by atoms with van der Waals surface area (Å²) < 4.78 is 11.0. The Hall–Kier alpha value is -2.45. The van der Waals surface area contributed by atoms with Gasteiger partial charge in [-0.05, 0) is 38.1 Å². The van der Waals surface area contributed by atoms with E-state index in [0.29, 0.717) is 11.8 Å². The lowest BCUT2D eigenvalue weighted by Gasteiger charge is -2.26. The first-order chi connectivity index (χ1) is 12.7. The summed E-state index contributed by atoms with van der Waals surface area (Å²) in [4.78, 5) is 6.82. The van der Waals surface area contributed by atoms with Crippen LogP contribution >= 0.6 is 0 Å². The van der Waals surface area contributed by atoms with Crippen molar-refractivity contribution in [1.29, 1.82) is 0 Å². The minimum atomic E-state index is 0.154. The Balaban J connectivity index is 1.50. The molecule has 0 spiro atoms. The van der Waals surface area contributed by atoms with Crippen LogP contribution in [0.25, 0.3) is 0 Å². The third-order valence-corrected chi connectivity index (χ3v) is 3.88. The van der Waals surface area contributed by atoms with Crippen molar-refractivity contribution in [1.82, 2.24) is 20.1 Å². The highest BCUT2D eigenvalue weighted by atomic mass is 16.5. The minimum Gasteiger partial charge on any atom is -0.491 e. The number of benzene rings is 1. The Labute approximate surface area is 153 Å². The van der Waals surface area contributed by atoms with Crippen molar-refractivity contribution in [2.24, 2.45) is 0 Å². The maximum atomic E-state index is 5.64. The molecule has 8 nitrogen and oxygen atoms in total. The summed E-state index contributed by atoms with van der Waals surface area (Å²) in [6, 6.07) is 7.69. The number of rotatable bonds is 8. The zero-order valence-electron chi connectivity index (χ0n) is 15.3. The predicted octanol–water partition coefficient (Wildman–Crippen LogP) is 2.15. The monoisotopic (exact) mass is 358 g/mol. The van der Waals surface area contributed by atoms with Gasteiger partial charge in [-0.15, -0.1) is 5.10 Å². The normalized spacial score (nSPS) is 15.0. The van der Waals surface area contributed by atoms with Crippen LogP contribution in [0.15, 0.2) is 30.5 Å². The molecular formula is C18H26N6O2. The Morgan fingerprint density at radius 3 is 2.69 bits per heavy atom. The van der Waals surface area contributed by atoms with Crippen molar-refractivity contribution in [2.45, 2.75) is 20.0 Å². The lowest BCUT2D eigenvalue weighted by molar-refractivity contribution is 0.0398. The van der Waals surface area contributed by atoms with Gasteiger partial charge < -0.3 is 20.1 Å². The summed E-state index contributed by atoms with van der Waals surface area (Å²) in [5.74, 6) is 2.00. The van der Waals surface area contributed by atoms with Crippen LogP contribution in [-0.4, -0.2) is 65.6 Å². The van der Waals surface area contributed by atoms with E-state index in [9.17, 15) is 0 Å². The van der Waals surface area contributed by atoms with Gasteiger partial charge in [0.25, 0.3) is 0 Å². The van der Waals surface area contributed by atoms with Crippen LogP contribution in [0.5, 0.6) is 5.75 Å². The number of nitrogens with zero attached hydrogens (tertiary/aromatic N) is 4. The van der Waals surface area contributed by atoms with Crippen LogP contribution < -0.4 is 15.4 Å². The third-order valence-electron chi connectivity index (χ3n) is 3.88. The average molecular weight is 358 g/mol. The molecule has 0 radical (unpaired) electrons. The van der Waals surface area contributed by atoms with Gasteiger partial charge in [0, 0.05) is 31.9 Å². The lowest BCUT2D eigenvalue weighted by atomic mass is 10.3. The molecule has 0 atom stereocenters. The van der Waals surface area contributed by atoms with Crippen molar-refractivity contribution in [3.8, 4) is 5.75 Å². The number of anilines is 3. The second-order valence-electron chi connectivity index (χ2n) is 6.36. The number of morpholine rings is 1. The van der Waals surface area contributed by atoms with Gasteiger partial charge in [-0.25, -0.2) is 0 Å². The molecule has 1 fully saturated rings. The molecule has 26 heavy (non-hydrogen) atoms. The Bertz CT molecular complexity index is 674.